The topological polar surface area (TPSA) is 71.1 Å². The molecule has 5 nitrogen and oxygen atoms in total. The van der Waals surface area contributed by atoms with Crippen LogP contribution in [0, 0.1) is 5.82 Å². The molecule has 1 saturated carbocycles. The summed E-state index contributed by atoms with van der Waals surface area (Å²) in [5.41, 5.74) is 0. The van der Waals surface area contributed by atoms with Crippen LogP contribution in [0.15, 0.2) is 23.4 Å². The fourth-order valence-corrected chi connectivity index (χ4v) is 2.42. The number of halogens is 1. The Hall–Kier alpha value is -1.05. The Labute approximate surface area is 99.5 Å². The standard InChI is InChI=1S/C10H14FN3O2S/c11-9-2-1-5-13-10(9)17(15,16)14-7-6-12-8-3-4-8/h1-2,5,8,12,14H,3-4,6-7H2. The SMILES string of the molecule is O=S(=O)(NCCNC1CC1)c1ncccc1F. The molecule has 1 aliphatic rings. The van der Waals surface area contributed by atoms with E-state index in [1.165, 1.54) is 12.3 Å². The molecular formula is C10H14FN3O2S. The van der Waals surface area contributed by atoms with Crippen molar-refractivity contribution in [3.8, 4) is 0 Å². The number of hydrogen-bond acceptors (Lipinski definition) is 4. The first-order valence-corrected chi connectivity index (χ1v) is 6.91. The van der Waals surface area contributed by atoms with E-state index >= 15 is 0 Å². The molecule has 2 N–H and O–H groups in total. The zero-order valence-electron chi connectivity index (χ0n) is 9.19. The van der Waals surface area contributed by atoms with Gasteiger partial charge in [0.05, 0.1) is 0 Å². The summed E-state index contributed by atoms with van der Waals surface area (Å²) in [4.78, 5) is 3.53. The third-order valence-electron chi connectivity index (χ3n) is 2.41. The molecule has 1 aromatic heterocycles. The van der Waals surface area contributed by atoms with Crippen LogP contribution in [0.5, 0.6) is 0 Å². The normalized spacial score (nSPS) is 16.1. The lowest BCUT2D eigenvalue weighted by Crippen LogP contribution is -2.33. The maximum atomic E-state index is 13.2. The number of sulfonamides is 1. The van der Waals surface area contributed by atoms with Crippen LogP contribution in [0.3, 0.4) is 0 Å². The molecule has 0 bridgehead atoms. The van der Waals surface area contributed by atoms with Gasteiger partial charge in [0, 0.05) is 25.3 Å². The van der Waals surface area contributed by atoms with E-state index in [0.29, 0.717) is 12.6 Å². The molecule has 0 saturated heterocycles. The molecule has 1 aliphatic carbocycles. The van der Waals surface area contributed by atoms with Gasteiger partial charge in [0.1, 0.15) is 0 Å². The van der Waals surface area contributed by atoms with Crippen molar-refractivity contribution in [1.82, 2.24) is 15.0 Å². The van der Waals surface area contributed by atoms with Crippen LogP contribution in [0.4, 0.5) is 4.39 Å². The van der Waals surface area contributed by atoms with Crippen LogP contribution >= 0.6 is 0 Å². The Morgan fingerprint density at radius 1 is 1.41 bits per heavy atom. The largest absolute Gasteiger partial charge is 0.313 e. The van der Waals surface area contributed by atoms with E-state index in [1.54, 1.807) is 0 Å². The molecule has 0 unspecified atom stereocenters. The van der Waals surface area contributed by atoms with Crippen LogP contribution in [-0.2, 0) is 10.0 Å². The maximum Gasteiger partial charge on any atom is 0.261 e. The highest BCUT2D eigenvalue weighted by molar-refractivity contribution is 7.89. The Balaban J connectivity index is 1.91. The van der Waals surface area contributed by atoms with Crippen LogP contribution in [0.1, 0.15) is 12.8 Å². The fourth-order valence-electron chi connectivity index (χ4n) is 1.39. The third kappa shape index (κ3) is 3.45. The Morgan fingerprint density at radius 3 is 2.82 bits per heavy atom. The van der Waals surface area contributed by atoms with Gasteiger partial charge >= 0.3 is 0 Å². The number of nitrogens with one attached hydrogen (secondary N) is 2. The van der Waals surface area contributed by atoms with E-state index in [0.717, 1.165) is 18.9 Å². The summed E-state index contributed by atoms with van der Waals surface area (Å²) in [5, 5.41) is 2.60. The lowest BCUT2D eigenvalue weighted by atomic mass is 10.5. The van der Waals surface area contributed by atoms with Gasteiger partial charge in [0.2, 0.25) is 5.03 Å². The minimum Gasteiger partial charge on any atom is -0.313 e. The summed E-state index contributed by atoms with van der Waals surface area (Å²) in [7, 11) is -3.84. The number of pyridine rings is 1. The molecule has 1 aromatic rings. The van der Waals surface area contributed by atoms with E-state index in [4.69, 9.17) is 0 Å². The van der Waals surface area contributed by atoms with E-state index in [-0.39, 0.29) is 6.54 Å². The number of rotatable bonds is 6. The Kier molecular flexibility index (Phi) is 3.70. The third-order valence-corrected chi connectivity index (χ3v) is 3.80. The number of hydrogen-bond donors (Lipinski definition) is 2. The molecule has 0 aromatic carbocycles. The first-order chi connectivity index (χ1) is 8.09. The van der Waals surface area contributed by atoms with Crippen molar-refractivity contribution in [2.45, 2.75) is 23.9 Å². The van der Waals surface area contributed by atoms with Crippen molar-refractivity contribution in [3.63, 3.8) is 0 Å². The molecule has 0 radical (unpaired) electrons. The minimum atomic E-state index is -3.84. The van der Waals surface area contributed by atoms with E-state index < -0.39 is 20.9 Å². The Morgan fingerprint density at radius 2 is 2.18 bits per heavy atom. The quantitative estimate of drug-likeness (QED) is 0.718. The fraction of sp³-hybridized carbons (Fsp3) is 0.500. The molecule has 0 aliphatic heterocycles. The summed E-state index contributed by atoms with van der Waals surface area (Å²) < 4.78 is 38.9. The first kappa shape index (κ1) is 12.4. The molecule has 1 fully saturated rings. The molecule has 94 valence electrons. The van der Waals surface area contributed by atoms with Crippen molar-refractivity contribution in [3.05, 3.63) is 24.1 Å². The second-order valence-electron chi connectivity index (χ2n) is 3.92. The van der Waals surface area contributed by atoms with Crippen LogP contribution < -0.4 is 10.0 Å². The second kappa shape index (κ2) is 5.07. The monoisotopic (exact) mass is 259 g/mol. The smallest absolute Gasteiger partial charge is 0.261 e. The predicted molar refractivity (Wildman–Crippen MR) is 60.4 cm³/mol. The maximum absolute atomic E-state index is 13.2. The molecule has 2 rings (SSSR count). The highest BCUT2D eigenvalue weighted by Gasteiger charge is 2.22. The van der Waals surface area contributed by atoms with Gasteiger partial charge in [-0.1, -0.05) is 0 Å². The summed E-state index contributed by atoms with van der Waals surface area (Å²) in [6, 6.07) is 2.94. The second-order valence-corrected chi connectivity index (χ2v) is 5.60. The molecule has 1 heterocycles. The lowest BCUT2D eigenvalue weighted by molar-refractivity contribution is 0.542. The van der Waals surface area contributed by atoms with E-state index in [1.807, 2.05) is 0 Å². The lowest BCUT2D eigenvalue weighted by Gasteiger charge is -2.07. The van der Waals surface area contributed by atoms with Crippen LogP contribution in [0.25, 0.3) is 0 Å². The van der Waals surface area contributed by atoms with Gasteiger partial charge in [-0.25, -0.2) is 22.5 Å². The average molecular weight is 259 g/mol. The minimum absolute atomic E-state index is 0.231. The van der Waals surface area contributed by atoms with Gasteiger partial charge < -0.3 is 5.32 Å². The zero-order chi connectivity index (χ0) is 12.3. The van der Waals surface area contributed by atoms with Gasteiger partial charge in [-0.2, -0.15) is 0 Å². The highest BCUT2D eigenvalue weighted by Crippen LogP contribution is 2.17. The van der Waals surface area contributed by atoms with Crippen molar-refractivity contribution in [2.24, 2.45) is 0 Å². The summed E-state index contributed by atoms with van der Waals surface area (Å²) >= 11 is 0. The van der Waals surface area contributed by atoms with Gasteiger partial charge in [-0.15, -0.1) is 0 Å². The van der Waals surface area contributed by atoms with E-state index in [9.17, 15) is 12.8 Å². The average Bonchev–Trinajstić information content (AvgIpc) is 3.09. The number of aromatic nitrogens is 1. The molecular weight excluding hydrogens is 245 g/mol. The van der Waals surface area contributed by atoms with Crippen molar-refractivity contribution in [2.75, 3.05) is 13.1 Å². The van der Waals surface area contributed by atoms with Gasteiger partial charge in [0.25, 0.3) is 10.0 Å². The summed E-state index contributed by atoms with van der Waals surface area (Å²) in [6.07, 6.45) is 3.53. The van der Waals surface area contributed by atoms with Crippen LogP contribution in [-0.4, -0.2) is 32.5 Å². The van der Waals surface area contributed by atoms with Gasteiger partial charge in [-0.05, 0) is 25.0 Å². The Bertz CT molecular complexity index is 488. The van der Waals surface area contributed by atoms with Crippen molar-refractivity contribution < 1.29 is 12.8 Å². The first-order valence-electron chi connectivity index (χ1n) is 5.43. The van der Waals surface area contributed by atoms with E-state index in [2.05, 4.69) is 15.0 Å². The molecule has 0 amide bonds. The van der Waals surface area contributed by atoms with Gasteiger partial charge in [0.15, 0.2) is 5.82 Å². The summed E-state index contributed by atoms with van der Waals surface area (Å²) in [6.45, 7) is 0.771. The van der Waals surface area contributed by atoms with Crippen molar-refractivity contribution in [1.29, 1.82) is 0 Å². The highest BCUT2D eigenvalue weighted by atomic mass is 32.2. The van der Waals surface area contributed by atoms with Gasteiger partial charge in [-0.3, -0.25) is 0 Å². The molecule has 7 heteroatoms. The van der Waals surface area contributed by atoms with Crippen molar-refractivity contribution >= 4 is 10.0 Å². The molecule has 0 atom stereocenters. The zero-order valence-corrected chi connectivity index (χ0v) is 10.0. The molecule has 0 spiro atoms. The predicted octanol–water partition coefficient (Wildman–Crippen LogP) is 0.251. The summed E-state index contributed by atoms with van der Waals surface area (Å²) in [5.74, 6) is -0.838. The van der Waals surface area contributed by atoms with Crippen LogP contribution in [0.2, 0.25) is 0 Å². The number of nitrogens with zero attached hydrogens (tertiary/aromatic N) is 1. The molecule has 17 heavy (non-hydrogen) atoms.